The predicted molar refractivity (Wildman–Crippen MR) is 90.0 cm³/mol. The van der Waals surface area contributed by atoms with E-state index in [-0.39, 0.29) is 5.41 Å². The first-order chi connectivity index (χ1) is 9.11. The van der Waals surface area contributed by atoms with Crippen LogP contribution in [0.3, 0.4) is 0 Å². The summed E-state index contributed by atoms with van der Waals surface area (Å²) in [5.74, 6) is 1.05. The third kappa shape index (κ3) is 3.36. The third-order valence-electron chi connectivity index (χ3n) is 3.36. The van der Waals surface area contributed by atoms with Gasteiger partial charge < -0.3 is 0 Å². The molecule has 19 heavy (non-hydrogen) atoms. The average molecular weight is 378 g/mol. The first-order valence-corrected chi connectivity index (χ1v) is 8.76. The number of rotatable bonds is 5. The monoisotopic (exact) mass is 376 g/mol. The molecule has 1 heterocycles. The highest BCUT2D eigenvalue weighted by Gasteiger charge is 2.32. The topological polar surface area (TPSA) is 0 Å². The number of thiophene rings is 1. The smallest absolute Gasteiger partial charge is 0.0335 e. The molecule has 0 aliphatic heterocycles. The van der Waals surface area contributed by atoms with Crippen molar-refractivity contribution in [3.8, 4) is 0 Å². The third-order valence-corrected chi connectivity index (χ3v) is 6.08. The largest absolute Gasteiger partial charge is 0.148 e. The maximum absolute atomic E-state index is 6.30. The number of benzene rings is 1. The van der Waals surface area contributed by atoms with Gasteiger partial charge in [-0.25, -0.2) is 0 Å². The van der Waals surface area contributed by atoms with Crippen molar-refractivity contribution in [1.29, 1.82) is 0 Å². The molecule has 0 fully saturated rings. The number of aryl methyl sites for hydroxylation is 1. The predicted octanol–water partition coefficient (Wildman–Crippen LogP) is 5.78. The average Bonchev–Trinajstić information content (AvgIpc) is 2.82. The highest BCUT2D eigenvalue weighted by molar-refractivity contribution is 9.10. The molecule has 0 aliphatic rings. The van der Waals surface area contributed by atoms with E-state index in [1.54, 1.807) is 11.3 Å². The van der Waals surface area contributed by atoms with Crippen molar-refractivity contribution in [2.24, 2.45) is 0 Å². The molecule has 0 unspecified atom stereocenters. The van der Waals surface area contributed by atoms with E-state index in [1.165, 1.54) is 16.0 Å². The first kappa shape index (κ1) is 15.4. The molecule has 0 spiro atoms. The molecule has 0 saturated heterocycles. The van der Waals surface area contributed by atoms with Crippen LogP contribution in [0.25, 0.3) is 0 Å². The summed E-state index contributed by atoms with van der Waals surface area (Å²) in [6, 6.07) is 10.5. The zero-order chi connectivity index (χ0) is 13.9. The summed E-state index contributed by atoms with van der Waals surface area (Å²) in [5.41, 5.74) is 2.31. The fraction of sp³-hybridized carbons (Fsp3) is 0.333. The zero-order valence-corrected chi connectivity index (χ0v) is 14.5. The van der Waals surface area contributed by atoms with E-state index in [4.69, 9.17) is 23.2 Å². The van der Waals surface area contributed by atoms with Gasteiger partial charge >= 0.3 is 0 Å². The van der Waals surface area contributed by atoms with Crippen molar-refractivity contribution in [3.05, 3.63) is 56.2 Å². The van der Waals surface area contributed by atoms with Crippen LogP contribution in [0, 0.1) is 6.92 Å². The number of alkyl halides is 2. The minimum atomic E-state index is -0.196. The van der Waals surface area contributed by atoms with E-state index in [0.29, 0.717) is 11.8 Å². The fourth-order valence-corrected chi connectivity index (χ4v) is 4.67. The minimum absolute atomic E-state index is 0.196. The van der Waals surface area contributed by atoms with Gasteiger partial charge in [0.2, 0.25) is 0 Å². The van der Waals surface area contributed by atoms with Gasteiger partial charge in [0.25, 0.3) is 0 Å². The van der Waals surface area contributed by atoms with Crippen LogP contribution in [0.15, 0.2) is 40.2 Å². The number of halogens is 3. The summed E-state index contributed by atoms with van der Waals surface area (Å²) in [5, 5.41) is 2.10. The van der Waals surface area contributed by atoms with Gasteiger partial charge in [0, 0.05) is 31.9 Å². The molecular weight excluding hydrogens is 363 g/mol. The van der Waals surface area contributed by atoms with Crippen molar-refractivity contribution >= 4 is 50.5 Å². The van der Waals surface area contributed by atoms with Crippen LogP contribution in [0.4, 0.5) is 0 Å². The number of hydrogen-bond donors (Lipinski definition) is 0. The molecule has 2 aromatic rings. The summed E-state index contributed by atoms with van der Waals surface area (Å²) < 4.78 is 1.12. The fourth-order valence-electron chi connectivity index (χ4n) is 2.32. The Morgan fingerprint density at radius 1 is 1.21 bits per heavy atom. The summed E-state index contributed by atoms with van der Waals surface area (Å²) in [6.45, 7) is 2.12. The van der Waals surface area contributed by atoms with E-state index in [2.05, 4.69) is 52.5 Å². The van der Waals surface area contributed by atoms with E-state index in [1.807, 2.05) is 6.07 Å². The van der Waals surface area contributed by atoms with Crippen molar-refractivity contribution < 1.29 is 0 Å². The Bertz CT molecular complexity index is 547. The lowest BCUT2D eigenvalue weighted by Gasteiger charge is -2.31. The molecule has 1 aromatic heterocycles. The Balaban J connectivity index is 2.40. The lowest BCUT2D eigenvalue weighted by Crippen LogP contribution is -2.33. The molecule has 0 saturated carbocycles. The SMILES string of the molecule is Cc1ccccc1C(CCl)(CCl)Cc1cc(Br)cs1. The van der Waals surface area contributed by atoms with E-state index in [0.717, 1.165) is 10.9 Å². The molecule has 0 amide bonds. The van der Waals surface area contributed by atoms with Gasteiger partial charge in [-0.15, -0.1) is 34.5 Å². The van der Waals surface area contributed by atoms with Crippen LogP contribution >= 0.6 is 50.5 Å². The van der Waals surface area contributed by atoms with Gasteiger partial charge in [-0.3, -0.25) is 0 Å². The van der Waals surface area contributed by atoms with Crippen LogP contribution in [0.1, 0.15) is 16.0 Å². The molecule has 0 nitrogen and oxygen atoms in total. The molecule has 102 valence electrons. The normalized spacial score (nSPS) is 11.8. The first-order valence-electron chi connectivity index (χ1n) is 6.02. The highest BCUT2D eigenvalue weighted by Crippen LogP contribution is 2.35. The summed E-state index contributed by atoms with van der Waals surface area (Å²) in [4.78, 5) is 1.30. The number of hydrogen-bond acceptors (Lipinski definition) is 1. The summed E-state index contributed by atoms with van der Waals surface area (Å²) in [7, 11) is 0. The quantitative estimate of drug-likeness (QED) is 0.579. The van der Waals surface area contributed by atoms with Crippen molar-refractivity contribution in [3.63, 3.8) is 0 Å². The van der Waals surface area contributed by atoms with Gasteiger partial charge in [-0.1, -0.05) is 24.3 Å². The minimum Gasteiger partial charge on any atom is -0.148 e. The van der Waals surface area contributed by atoms with Gasteiger partial charge in [0.1, 0.15) is 0 Å². The molecule has 0 aliphatic carbocycles. The van der Waals surface area contributed by atoms with Crippen molar-refractivity contribution in [2.75, 3.05) is 11.8 Å². The van der Waals surface area contributed by atoms with Gasteiger partial charge in [-0.05, 0) is 46.5 Å². The maximum atomic E-state index is 6.30. The lowest BCUT2D eigenvalue weighted by molar-refractivity contribution is 0.537. The second kappa shape index (κ2) is 6.62. The Morgan fingerprint density at radius 2 is 1.89 bits per heavy atom. The molecule has 0 bridgehead atoms. The van der Waals surface area contributed by atoms with Crippen LogP contribution in [-0.4, -0.2) is 11.8 Å². The molecule has 0 radical (unpaired) electrons. The van der Waals surface area contributed by atoms with E-state index >= 15 is 0 Å². The molecule has 0 atom stereocenters. The van der Waals surface area contributed by atoms with Crippen LogP contribution in [0.2, 0.25) is 0 Å². The van der Waals surface area contributed by atoms with Crippen LogP contribution in [0.5, 0.6) is 0 Å². The molecular formula is C15H15BrCl2S. The van der Waals surface area contributed by atoms with Crippen molar-refractivity contribution in [1.82, 2.24) is 0 Å². The second-order valence-corrected chi connectivity index (χ2v) is 7.22. The van der Waals surface area contributed by atoms with Crippen molar-refractivity contribution in [2.45, 2.75) is 18.8 Å². The van der Waals surface area contributed by atoms with Gasteiger partial charge in [-0.2, -0.15) is 0 Å². The zero-order valence-electron chi connectivity index (χ0n) is 10.6. The maximum Gasteiger partial charge on any atom is 0.0335 e. The van der Waals surface area contributed by atoms with Gasteiger partial charge in [0.05, 0.1) is 0 Å². The molecule has 1 aromatic carbocycles. The van der Waals surface area contributed by atoms with E-state index in [9.17, 15) is 0 Å². The van der Waals surface area contributed by atoms with E-state index < -0.39 is 0 Å². The molecule has 2 rings (SSSR count). The lowest BCUT2D eigenvalue weighted by atomic mass is 9.78. The Morgan fingerprint density at radius 3 is 2.42 bits per heavy atom. The van der Waals surface area contributed by atoms with Gasteiger partial charge in [0.15, 0.2) is 0 Å². The van der Waals surface area contributed by atoms with Crippen LogP contribution in [-0.2, 0) is 11.8 Å². The second-order valence-electron chi connectivity index (χ2n) is 4.77. The Hall–Kier alpha value is -0.0200. The highest BCUT2D eigenvalue weighted by atomic mass is 79.9. The standard InChI is InChI=1S/C15H15BrCl2S/c1-11-4-2-3-5-14(11)15(9-17,10-18)7-13-6-12(16)8-19-13/h2-6,8H,7,9-10H2,1H3. The Labute approximate surface area is 136 Å². The molecule has 0 N–H and O–H groups in total. The Kier molecular flexibility index (Phi) is 5.36. The summed E-state index contributed by atoms with van der Waals surface area (Å²) in [6.07, 6.45) is 0.876. The molecule has 4 heteroatoms. The van der Waals surface area contributed by atoms with Crippen LogP contribution < -0.4 is 0 Å². The summed E-state index contributed by atoms with van der Waals surface area (Å²) >= 11 is 17.8.